The van der Waals surface area contributed by atoms with Crippen LogP contribution in [0.2, 0.25) is 0 Å². The second-order valence-corrected chi connectivity index (χ2v) is 7.71. The number of ether oxygens (including phenoxy) is 2. The van der Waals surface area contributed by atoms with Crippen LogP contribution in [0.4, 0.5) is 0 Å². The molecule has 0 saturated heterocycles. The normalized spacial score (nSPS) is 10.7. The maximum absolute atomic E-state index is 11.6. The van der Waals surface area contributed by atoms with Crippen molar-refractivity contribution in [1.29, 1.82) is 0 Å². The van der Waals surface area contributed by atoms with Gasteiger partial charge >= 0.3 is 11.9 Å². The van der Waals surface area contributed by atoms with Crippen LogP contribution in [0.5, 0.6) is 11.5 Å². The van der Waals surface area contributed by atoms with E-state index in [2.05, 4.69) is 31.4 Å². The molecule has 5 heteroatoms. The van der Waals surface area contributed by atoms with Crippen molar-refractivity contribution in [3.8, 4) is 22.6 Å². The van der Waals surface area contributed by atoms with E-state index in [4.69, 9.17) is 9.47 Å². The Hall–Kier alpha value is -3.70. The molecule has 0 spiro atoms. The fraction of sp³-hybridized carbons (Fsp3) is 0.0400. The average Bonchev–Trinajstić information content (AvgIpc) is 3.14. The largest absolute Gasteiger partial charge is 0.423 e. The topological polar surface area (TPSA) is 52.6 Å². The van der Waals surface area contributed by atoms with Gasteiger partial charge in [-0.3, -0.25) is 0 Å². The first-order valence-electron chi connectivity index (χ1n) is 9.25. The molecule has 1 heterocycles. The molecule has 0 bridgehead atoms. The van der Waals surface area contributed by atoms with Crippen LogP contribution < -0.4 is 9.47 Å². The molecule has 4 nitrogen and oxygen atoms in total. The van der Waals surface area contributed by atoms with E-state index < -0.39 is 11.9 Å². The third-order valence-electron chi connectivity index (χ3n) is 4.79. The van der Waals surface area contributed by atoms with Gasteiger partial charge in [-0.25, -0.2) is 9.59 Å². The number of rotatable bonds is 5. The van der Waals surface area contributed by atoms with Crippen molar-refractivity contribution in [2.75, 3.05) is 0 Å². The van der Waals surface area contributed by atoms with E-state index in [1.807, 2.05) is 31.2 Å². The molecule has 30 heavy (non-hydrogen) atoms. The molecule has 0 aliphatic heterocycles. The Bertz CT molecular complexity index is 1310. The summed E-state index contributed by atoms with van der Waals surface area (Å²) in [6.07, 6.45) is 2.29. The minimum Gasteiger partial charge on any atom is -0.423 e. The number of thiophene rings is 1. The van der Waals surface area contributed by atoms with E-state index in [-0.39, 0.29) is 0 Å². The molecule has 3 aromatic carbocycles. The van der Waals surface area contributed by atoms with Crippen LogP contribution in [-0.4, -0.2) is 11.9 Å². The fourth-order valence-electron chi connectivity index (χ4n) is 3.27. The SMILES string of the molecule is C=CC(=O)Oc1ccc(-c2ccc3c(c2)sc2c(C)c(OC(=O)C=C)ccc23)cc1. The molecule has 0 radical (unpaired) electrons. The zero-order valence-corrected chi connectivity index (χ0v) is 17.1. The summed E-state index contributed by atoms with van der Waals surface area (Å²) in [5.41, 5.74) is 3.01. The highest BCUT2D eigenvalue weighted by Gasteiger charge is 2.13. The van der Waals surface area contributed by atoms with Crippen molar-refractivity contribution in [2.24, 2.45) is 0 Å². The number of esters is 2. The van der Waals surface area contributed by atoms with Gasteiger partial charge in [-0.1, -0.05) is 37.4 Å². The van der Waals surface area contributed by atoms with Gasteiger partial charge in [0.1, 0.15) is 11.5 Å². The summed E-state index contributed by atoms with van der Waals surface area (Å²) in [5, 5.41) is 2.28. The number of hydrogen-bond donors (Lipinski definition) is 0. The second kappa shape index (κ2) is 7.97. The summed E-state index contributed by atoms with van der Waals surface area (Å²) in [4.78, 5) is 22.9. The maximum Gasteiger partial charge on any atom is 0.335 e. The summed E-state index contributed by atoms with van der Waals surface area (Å²) in [5.74, 6) is 0.0682. The molecule has 0 aliphatic carbocycles. The molecule has 4 rings (SSSR count). The van der Waals surface area contributed by atoms with E-state index in [0.717, 1.165) is 49.0 Å². The van der Waals surface area contributed by atoms with E-state index in [1.54, 1.807) is 23.5 Å². The van der Waals surface area contributed by atoms with Crippen LogP contribution in [0.15, 0.2) is 79.9 Å². The Kier molecular flexibility index (Phi) is 5.21. The third-order valence-corrected chi connectivity index (χ3v) is 6.08. The van der Waals surface area contributed by atoms with Gasteiger partial charge in [-0.2, -0.15) is 0 Å². The Morgan fingerprint density at radius 2 is 1.47 bits per heavy atom. The molecule has 4 aromatic rings. The Morgan fingerprint density at radius 1 is 0.833 bits per heavy atom. The molecule has 0 saturated carbocycles. The minimum atomic E-state index is -0.483. The Labute approximate surface area is 177 Å². The lowest BCUT2D eigenvalue weighted by Crippen LogP contribution is -2.04. The third kappa shape index (κ3) is 3.63. The molecule has 0 fully saturated rings. The predicted molar refractivity (Wildman–Crippen MR) is 121 cm³/mol. The first-order chi connectivity index (χ1) is 14.5. The van der Waals surface area contributed by atoms with E-state index in [9.17, 15) is 9.59 Å². The highest BCUT2D eigenvalue weighted by molar-refractivity contribution is 7.26. The van der Waals surface area contributed by atoms with Crippen LogP contribution in [0.25, 0.3) is 31.3 Å². The van der Waals surface area contributed by atoms with Crippen molar-refractivity contribution in [3.05, 3.63) is 85.5 Å². The highest BCUT2D eigenvalue weighted by Crippen LogP contribution is 2.40. The Morgan fingerprint density at radius 3 is 2.17 bits per heavy atom. The van der Waals surface area contributed by atoms with Crippen molar-refractivity contribution in [3.63, 3.8) is 0 Å². The maximum atomic E-state index is 11.6. The standard InChI is InChI=1S/C25H18O4S/c1-4-23(26)28-18-9-6-16(7-10-18)17-8-11-19-20-12-13-21(29-24(27)5-2)15(3)25(20)30-22(19)14-17/h4-14H,1-2H2,3H3. The van der Waals surface area contributed by atoms with Crippen molar-refractivity contribution >= 4 is 43.4 Å². The molecule has 0 N–H and O–H groups in total. The molecular weight excluding hydrogens is 396 g/mol. The molecule has 1 aromatic heterocycles. The van der Waals surface area contributed by atoms with Crippen LogP contribution in [-0.2, 0) is 9.59 Å². The second-order valence-electron chi connectivity index (χ2n) is 6.65. The molecule has 0 aliphatic rings. The summed E-state index contributed by atoms with van der Waals surface area (Å²) in [6.45, 7) is 8.79. The summed E-state index contributed by atoms with van der Waals surface area (Å²) < 4.78 is 12.7. The molecular formula is C25H18O4S. The van der Waals surface area contributed by atoms with Gasteiger partial charge in [0, 0.05) is 37.9 Å². The molecule has 0 atom stereocenters. The van der Waals surface area contributed by atoms with Gasteiger partial charge in [0.25, 0.3) is 0 Å². The minimum absolute atomic E-state index is 0.469. The monoisotopic (exact) mass is 414 g/mol. The van der Waals surface area contributed by atoms with Crippen LogP contribution in [0, 0.1) is 6.92 Å². The zero-order valence-electron chi connectivity index (χ0n) is 16.3. The van der Waals surface area contributed by atoms with Gasteiger partial charge in [0.2, 0.25) is 0 Å². The van der Waals surface area contributed by atoms with Gasteiger partial charge < -0.3 is 9.47 Å². The van der Waals surface area contributed by atoms with E-state index in [1.165, 1.54) is 0 Å². The lowest BCUT2D eigenvalue weighted by molar-refractivity contribution is -0.129. The molecule has 148 valence electrons. The number of carbonyl (C=O) groups is 2. The number of benzene rings is 3. The quantitative estimate of drug-likeness (QED) is 0.221. The van der Waals surface area contributed by atoms with Crippen LogP contribution >= 0.6 is 11.3 Å². The lowest BCUT2D eigenvalue weighted by Gasteiger charge is -2.06. The van der Waals surface area contributed by atoms with Gasteiger partial charge in [-0.05, 0) is 48.4 Å². The fourth-order valence-corrected chi connectivity index (χ4v) is 4.51. The Balaban J connectivity index is 1.72. The number of carbonyl (C=O) groups excluding carboxylic acids is 2. The van der Waals surface area contributed by atoms with Crippen LogP contribution in [0.1, 0.15) is 5.56 Å². The highest BCUT2D eigenvalue weighted by atomic mass is 32.1. The van der Waals surface area contributed by atoms with Gasteiger partial charge in [0.15, 0.2) is 0 Å². The smallest absolute Gasteiger partial charge is 0.335 e. The zero-order chi connectivity index (χ0) is 21.3. The van der Waals surface area contributed by atoms with Gasteiger partial charge in [-0.15, -0.1) is 11.3 Å². The number of aryl methyl sites for hydroxylation is 1. The van der Waals surface area contributed by atoms with Crippen molar-refractivity contribution in [1.82, 2.24) is 0 Å². The molecule has 0 unspecified atom stereocenters. The summed E-state index contributed by atoms with van der Waals surface area (Å²) in [7, 11) is 0. The van der Waals surface area contributed by atoms with Crippen molar-refractivity contribution < 1.29 is 19.1 Å². The van der Waals surface area contributed by atoms with Crippen molar-refractivity contribution in [2.45, 2.75) is 6.92 Å². The summed E-state index contributed by atoms with van der Waals surface area (Å²) >= 11 is 1.66. The average molecular weight is 414 g/mol. The summed E-state index contributed by atoms with van der Waals surface area (Å²) in [6, 6.07) is 17.5. The van der Waals surface area contributed by atoms with E-state index in [0.29, 0.717) is 11.5 Å². The first kappa shape index (κ1) is 19.6. The van der Waals surface area contributed by atoms with Gasteiger partial charge in [0.05, 0.1) is 0 Å². The van der Waals surface area contributed by atoms with E-state index >= 15 is 0 Å². The number of fused-ring (bicyclic) bond motifs is 3. The van der Waals surface area contributed by atoms with Crippen LogP contribution in [0.3, 0.4) is 0 Å². The predicted octanol–water partition coefficient (Wildman–Crippen LogP) is 6.21. The number of hydrogen-bond acceptors (Lipinski definition) is 5. The molecule has 0 amide bonds. The first-order valence-corrected chi connectivity index (χ1v) is 10.1. The lowest BCUT2D eigenvalue weighted by atomic mass is 10.0.